The Balaban J connectivity index is 2.40. The van der Waals surface area contributed by atoms with Crippen molar-refractivity contribution >= 4 is 10.0 Å². The normalized spacial score (nSPS) is 12.8. The highest BCUT2D eigenvalue weighted by Crippen LogP contribution is 2.19. The van der Waals surface area contributed by atoms with E-state index in [1.807, 2.05) is 48.6 Å². The van der Waals surface area contributed by atoms with E-state index in [-0.39, 0.29) is 21.8 Å². The summed E-state index contributed by atoms with van der Waals surface area (Å²) in [4.78, 5) is 12.9. The first-order valence-corrected chi connectivity index (χ1v) is 10.2. The van der Waals surface area contributed by atoms with Crippen molar-refractivity contribution in [3.05, 3.63) is 45.9 Å². The van der Waals surface area contributed by atoms with Gasteiger partial charge >= 0.3 is 0 Å². The van der Waals surface area contributed by atoms with E-state index in [2.05, 4.69) is 4.72 Å². The fourth-order valence-electron chi connectivity index (χ4n) is 2.85. The van der Waals surface area contributed by atoms with Crippen LogP contribution in [0.2, 0.25) is 0 Å². The lowest BCUT2D eigenvalue weighted by Crippen LogP contribution is -2.32. The number of aromatic nitrogens is 2. The minimum absolute atomic E-state index is 0.0681. The Labute approximate surface area is 155 Å². The molecule has 1 aromatic heterocycles. The van der Waals surface area contributed by atoms with Crippen LogP contribution in [0.25, 0.3) is 5.69 Å². The summed E-state index contributed by atoms with van der Waals surface area (Å²) in [7, 11) is -1.74. The largest absolute Gasteiger partial charge is 0.285 e. The number of hydrogen-bond donors (Lipinski definition) is 1. The monoisotopic (exact) mass is 379 g/mol. The minimum Gasteiger partial charge on any atom is -0.285 e. The molecule has 0 spiro atoms. The Morgan fingerprint density at radius 2 is 1.65 bits per heavy atom. The van der Waals surface area contributed by atoms with Crippen LogP contribution >= 0.6 is 0 Å². The Hall–Kier alpha value is -1.86. The first-order chi connectivity index (χ1) is 11.8. The molecule has 2 rings (SSSR count). The molecule has 0 bridgehead atoms. The van der Waals surface area contributed by atoms with Crippen LogP contribution in [0.3, 0.4) is 0 Å². The number of hydrogen-bond acceptors (Lipinski definition) is 3. The van der Waals surface area contributed by atoms with Gasteiger partial charge in [0.25, 0.3) is 5.56 Å². The molecule has 0 unspecified atom stereocenters. The van der Waals surface area contributed by atoms with Gasteiger partial charge in [-0.3, -0.25) is 9.48 Å². The molecule has 1 aromatic carbocycles. The van der Waals surface area contributed by atoms with E-state index in [4.69, 9.17) is 0 Å². The molecular formula is C19H29N3O3S. The van der Waals surface area contributed by atoms with Crippen LogP contribution in [0.5, 0.6) is 0 Å². The molecule has 0 amide bonds. The van der Waals surface area contributed by atoms with E-state index < -0.39 is 10.0 Å². The van der Waals surface area contributed by atoms with Gasteiger partial charge in [-0.2, -0.15) is 0 Å². The number of benzene rings is 1. The molecular weight excluding hydrogens is 350 g/mol. The van der Waals surface area contributed by atoms with Crippen molar-refractivity contribution in [1.82, 2.24) is 14.1 Å². The minimum atomic E-state index is -3.57. The standard InChI is InChI=1S/C19H29N3O3S/c1-13(2)17-14(3)21(7)22(18(17)23)15-8-10-16(11-9-15)26(24,25)20-12-19(4,5)6/h8-11,13,20H,12H2,1-7H3. The summed E-state index contributed by atoms with van der Waals surface area (Å²) in [6.07, 6.45) is 0. The fraction of sp³-hybridized carbons (Fsp3) is 0.526. The summed E-state index contributed by atoms with van der Waals surface area (Å²) in [6, 6.07) is 6.39. The van der Waals surface area contributed by atoms with Crippen LogP contribution in [-0.4, -0.2) is 24.3 Å². The maximum Gasteiger partial charge on any atom is 0.275 e. The highest BCUT2D eigenvalue weighted by atomic mass is 32.2. The highest BCUT2D eigenvalue weighted by Gasteiger charge is 2.21. The van der Waals surface area contributed by atoms with Crippen molar-refractivity contribution in [2.75, 3.05) is 6.54 Å². The van der Waals surface area contributed by atoms with Crippen molar-refractivity contribution < 1.29 is 8.42 Å². The lowest BCUT2D eigenvalue weighted by atomic mass is 9.98. The second-order valence-electron chi connectivity index (χ2n) is 8.17. The number of nitrogens with one attached hydrogen (secondary N) is 1. The molecule has 0 radical (unpaired) electrons. The van der Waals surface area contributed by atoms with Crippen molar-refractivity contribution in [3.63, 3.8) is 0 Å². The lowest BCUT2D eigenvalue weighted by Gasteiger charge is -2.18. The van der Waals surface area contributed by atoms with Gasteiger partial charge in [0.2, 0.25) is 10.0 Å². The topological polar surface area (TPSA) is 73.1 Å². The molecule has 0 saturated carbocycles. The van der Waals surface area contributed by atoms with E-state index in [1.165, 1.54) is 12.1 Å². The quantitative estimate of drug-likeness (QED) is 0.868. The molecule has 0 saturated heterocycles. The summed E-state index contributed by atoms with van der Waals surface area (Å²) >= 11 is 0. The van der Waals surface area contributed by atoms with Gasteiger partial charge < -0.3 is 0 Å². The third-order valence-corrected chi connectivity index (χ3v) is 5.78. The molecule has 6 nitrogen and oxygen atoms in total. The second-order valence-corrected chi connectivity index (χ2v) is 9.94. The van der Waals surface area contributed by atoms with Gasteiger partial charge in [-0.15, -0.1) is 0 Å². The molecule has 0 aliphatic rings. The third kappa shape index (κ3) is 4.10. The molecule has 0 atom stereocenters. The van der Waals surface area contributed by atoms with Crippen molar-refractivity contribution in [3.8, 4) is 5.69 Å². The van der Waals surface area contributed by atoms with Gasteiger partial charge in [-0.1, -0.05) is 34.6 Å². The van der Waals surface area contributed by atoms with Gasteiger partial charge in [-0.25, -0.2) is 17.8 Å². The maximum absolute atomic E-state index is 12.8. The van der Waals surface area contributed by atoms with Crippen LogP contribution in [0.1, 0.15) is 51.8 Å². The molecule has 2 aromatic rings. The van der Waals surface area contributed by atoms with Crippen LogP contribution in [0.4, 0.5) is 0 Å². The molecule has 26 heavy (non-hydrogen) atoms. The van der Waals surface area contributed by atoms with E-state index in [1.54, 1.807) is 21.5 Å². The molecule has 0 aliphatic carbocycles. The molecule has 7 heteroatoms. The van der Waals surface area contributed by atoms with E-state index in [9.17, 15) is 13.2 Å². The van der Waals surface area contributed by atoms with Gasteiger partial charge in [0.05, 0.1) is 10.6 Å². The summed E-state index contributed by atoms with van der Waals surface area (Å²) in [6.45, 7) is 12.2. The number of sulfonamides is 1. The summed E-state index contributed by atoms with van der Waals surface area (Å²) in [5, 5.41) is 0. The van der Waals surface area contributed by atoms with Gasteiger partial charge in [-0.05, 0) is 42.5 Å². The van der Waals surface area contributed by atoms with E-state index in [0.717, 1.165) is 11.3 Å². The molecule has 0 aliphatic heterocycles. The first kappa shape index (κ1) is 20.5. The van der Waals surface area contributed by atoms with Crippen LogP contribution in [-0.2, 0) is 17.1 Å². The molecule has 1 N–H and O–H groups in total. The number of nitrogens with zero attached hydrogens (tertiary/aromatic N) is 2. The van der Waals surface area contributed by atoms with Crippen LogP contribution in [0, 0.1) is 12.3 Å². The number of rotatable bonds is 5. The predicted molar refractivity (Wildman–Crippen MR) is 104 cm³/mol. The highest BCUT2D eigenvalue weighted by molar-refractivity contribution is 7.89. The van der Waals surface area contributed by atoms with Crippen molar-refractivity contribution in [1.29, 1.82) is 0 Å². The maximum atomic E-state index is 12.8. The van der Waals surface area contributed by atoms with Crippen LogP contribution < -0.4 is 10.3 Å². The van der Waals surface area contributed by atoms with Gasteiger partial charge in [0.15, 0.2) is 0 Å². The predicted octanol–water partition coefficient (Wildman–Crippen LogP) is 2.93. The molecule has 144 valence electrons. The van der Waals surface area contributed by atoms with Crippen molar-refractivity contribution in [2.24, 2.45) is 12.5 Å². The summed E-state index contributed by atoms with van der Waals surface area (Å²) in [5.41, 5.74) is 2.11. The smallest absolute Gasteiger partial charge is 0.275 e. The second kappa shape index (κ2) is 7.04. The Morgan fingerprint density at radius 1 is 1.12 bits per heavy atom. The van der Waals surface area contributed by atoms with Crippen molar-refractivity contribution in [2.45, 2.75) is 52.4 Å². The van der Waals surface area contributed by atoms with E-state index in [0.29, 0.717) is 12.2 Å². The zero-order valence-electron chi connectivity index (χ0n) is 16.6. The summed E-state index contributed by atoms with van der Waals surface area (Å²) < 4.78 is 30.8. The van der Waals surface area contributed by atoms with Gasteiger partial charge in [0.1, 0.15) is 0 Å². The van der Waals surface area contributed by atoms with Crippen LogP contribution in [0.15, 0.2) is 34.0 Å². The SMILES string of the molecule is Cc1c(C(C)C)c(=O)n(-c2ccc(S(=O)(=O)NCC(C)(C)C)cc2)n1C. The Bertz CT molecular complexity index is 944. The summed E-state index contributed by atoms with van der Waals surface area (Å²) in [5.74, 6) is 0.121. The third-order valence-electron chi connectivity index (χ3n) is 4.36. The Morgan fingerprint density at radius 3 is 2.08 bits per heavy atom. The lowest BCUT2D eigenvalue weighted by molar-refractivity contribution is 0.407. The average Bonchev–Trinajstić information content (AvgIpc) is 2.75. The average molecular weight is 380 g/mol. The molecule has 1 heterocycles. The molecule has 0 fully saturated rings. The fourth-order valence-corrected chi connectivity index (χ4v) is 4.13. The zero-order chi connectivity index (χ0) is 19.9. The van der Waals surface area contributed by atoms with Gasteiger partial charge in [0, 0.05) is 24.8 Å². The van der Waals surface area contributed by atoms with E-state index >= 15 is 0 Å². The Kier molecular flexibility index (Phi) is 5.54. The zero-order valence-corrected chi connectivity index (χ0v) is 17.4. The first-order valence-electron chi connectivity index (χ1n) is 8.74.